The number of halogens is 12. The van der Waals surface area contributed by atoms with Gasteiger partial charge in [-0.05, 0) is 0 Å². The molecule has 0 atom stereocenters. The molecule has 0 aromatic heterocycles. The predicted molar refractivity (Wildman–Crippen MR) is 69.0 cm³/mol. The third-order valence-corrected chi connectivity index (χ3v) is 2.78. The smallest absolute Gasteiger partial charge is 0.363 e. The molecular formula is C14H10F12O. The van der Waals surface area contributed by atoms with Gasteiger partial charge in [0, 0.05) is 13.8 Å². The molecular weight excluding hydrogens is 412 g/mol. The lowest BCUT2D eigenvalue weighted by atomic mass is 10.1. The highest BCUT2D eigenvalue weighted by atomic mass is 19.3. The summed E-state index contributed by atoms with van der Waals surface area (Å²) in [4.78, 5) is 0. The van der Waals surface area contributed by atoms with Crippen LogP contribution in [0.5, 0.6) is 0 Å². The van der Waals surface area contributed by atoms with E-state index in [2.05, 4.69) is 17.9 Å². The number of hydrogen-bond acceptors (Lipinski definition) is 1. The fourth-order valence-corrected chi connectivity index (χ4v) is 1.14. The number of allylic oxidation sites excluding steroid dienone is 4. The summed E-state index contributed by atoms with van der Waals surface area (Å²) in [7, 11) is 0. The van der Waals surface area contributed by atoms with Gasteiger partial charge in [-0.25, -0.2) is 8.78 Å². The Labute approximate surface area is 144 Å². The van der Waals surface area contributed by atoms with E-state index in [0.717, 1.165) is 0 Å². The van der Waals surface area contributed by atoms with E-state index >= 15 is 0 Å². The average Bonchev–Trinajstić information content (AvgIpc) is 2.49. The lowest BCUT2D eigenvalue weighted by Gasteiger charge is -2.22. The van der Waals surface area contributed by atoms with Crippen molar-refractivity contribution < 1.29 is 57.4 Å². The van der Waals surface area contributed by atoms with Gasteiger partial charge in [-0.15, -0.1) is 0 Å². The van der Waals surface area contributed by atoms with Gasteiger partial charge in [0.1, 0.15) is 0 Å². The summed E-state index contributed by atoms with van der Waals surface area (Å²) in [6.07, 6.45) is 0. The van der Waals surface area contributed by atoms with Crippen LogP contribution in [0.3, 0.4) is 0 Å². The van der Waals surface area contributed by atoms with E-state index in [1.807, 2.05) is 0 Å². The Balaban J connectivity index is 5.75. The normalized spacial score (nSPS) is 15.8. The molecule has 0 heterocycles. The lowest BCUT2D eigenvalue weighted by Crippen LogP contribution is -2.39. The van der Waals surface area contributed by atoms with Crippen molar-refractivity contribution in [1.29, 1.82) is 0 Å². The minimum Gasteiger partial charge on any atom is -0.452 e. The van der Waals surface area contributed by atoms with Crippen LogP contribution in [0.2, 0.25) is 0 Å². The van der Waals surface area contributed by atoms with Crippen LogP contribution in [0.15, 0.2) is 48.0 Å². The van der Waals surface area contributed by atoms with Crippen molar-refractivity contribution in [2.45, 2.75) is 37.5 Å². The average molecular weight is 422 g/mol. The van der Waals surface area contributed by atoms with E-state index in [4.69, 9.17) is 0 Å². The first-order valence-electron chi connectivity index (χ1n) is 6.38. The number of hydrogen-bond donors (Lipinski definition) is 0. The van der Waals surface area contributed by atoms with Crippen LogP contribution in [-0.4, -0.2) is 23.7 Å². The number of ether oxygens (including phenoxy) is 1. The Morgan fingerprint density at radius 3 is 1.00 bits per heavy atom. The van der Waals surface area contributed by atoms with Gasteiger partial charge in [-0.3, -0.25) is 0 Å². The van der Waals surface area contributed by atoms with Crippen molar-refractivity contribution in [1.82, 2.24) is 0 Å². The molecule has 0 saturated heterocycles. The Morgan fingerprint density at radius 1 is 0.593 bits per heavy atom. The second-order valence-electron chi connectivity index (χ2n) is 5.13. The summed E-state index contributed by atoms with van der Waals surface area (Å²) in [5, 5.41) is 0. The highest BCUT2D eigenvalue weighted by molar-refractivity contribution is 5.31. The van der Waals surface area contributed by atoms with Gasteiger partial charge < -0.3 is 4.74 Å². The van der Waals surface area contributed by atoms with Gasteiger partial charge in [0.15, 0.2) is 11.5 Å². The summed E-state index contributed by atoms with van der Waals surface area (Å²) in [5.41, 5.74) is 0. The summed E-state index contributed by atoms with van der Waals surface area (Å²) in [5.74, 6) is -38.4. The molecule has 0 aliphatic carbocycles. The van der Waals surface area contributed by atoms with Crippen molar-refractivity contribution in [3.63, 3.8) is 0 Å². The molecule has 0 aliphatic rings. The molecule has 0 rings (SSSR count). The molecule has 0 bridgehead atoms. The summed E-state index contributed by atoms with van der Waals surface area (Å²) in [6, 6.07) is 0. The maximum absolute atomic E-state index is 13.4. The fourth-order valence-electron chi connectivity index (χ4n) is 1.14. The van der Waals surface area contributed by atoms with Crippen molar-refractivity contribution in [2.24, 2.45) is 0 Å². The molecule has 0 saturated carbocycles. The van der Waals surface area contributed by atoms with E-state index in [1.54, 1.807) is 0 Å². The molecule has 0 aliphatic heterocycles. The summed E-state index contributed by atoms with van der Waals surface area (Å²) < 4.78 is 159. The maximum Gasteiger partial charge on any atom is 0.363 e. The standard InChI is InChI=1S/C14H10F12O/c1-5(7(15)9(17)13(23,24)11(3,19)20)27-6(2)8(16)10(18)14(25,26)12(4,21)22/h1-2H2,3-4H3. The third-order valence-electron chi connectivity index (χ3n) is 2.78. The Hall–Kier alpha value is -2.08. The van der Waals surface area contributed by atoms with Crippen LogP contribution in [0, 0.1) is 0 Å². The summed E-state index contributed by atoms with van der Waals surface area (Å²) in [6.45, 7) is 3.81. The highest BCUT2D eigenvalue weighted by Gasteiger charge is 2.59. The molecule has 0 aromatic rings. The zero-order valence-electron chi connectivity index (χ0n) is 13.4. The van der Waals surface area contributed by atoms with Crippen LogP contribution in [-0.2, 0) is 4.74 Å². The van der Waals surface area contributed by atoms with Gasteiger partial charge >= 0.3 is 23.7 Å². The van der Waals surface area contributed by atoms with Gasteiger partial charge in [-0.1, -0.05) is 13.2 Å². The van der Waals surface area contributed by atoms with E-state index in [0.29, 0.717) is 0 Å². The van der Waals surface area contributed by atoms with Crippen molar-refractivity contribution in [3.8, 4) is 0 Å². The molecule has 156 valence electrons. The van der Waals surface area contributed by atoms with E-state index in [9.17, 15) is 52.7 Å². The van der Waals surface area contributed by atoms with Crippen molar-refractivity contribution >= 4 is 0 Å². The highest BCUT2D eigenvalue weighted by Crippen LogP contribution is 2.44. The van der Waals surface area contributed by atoms with E-state index < -0.39 is 72.4 Å². The maximum atomic E-state index is 13.4. The first-order valence-corrected chi connectivity index (χ1v) is 6.38. The van der Waals surface area contributed by atoms with Crippen molar-refractivity contribution in [3.05, 3.63) is 48.0 Å². The number of alkyl halides is 8. The SMILES string of the molecule is C=C(OC(=C)C(F)=C(F)C(F)(F)C(C)(F)F)C(F)=C(F)C(F)(F)C(C)(F)F. The van der Waals surface area contributed by atoms with Crippen LogP contribution in [0.1, 0.15) is 13.8 Å². The Bertz CT molecular complexity index is 617. The van der Waals surface area contributed by atoms with E-state index in [-0.39, 0.29) is 0 Å². The predicted octanol–water partition coefficient (Wildman–Crippen LogP) is 6.91. The van der Waals surface area contributed by atoms with Gasteiger partial charge in [-0.2, -0.15) is 43.9 Å². The second-order valence-corrected chi connectivity index (χ2v) is 5.13. The van der Waals surface area contributed by atoms with Gasteiger partial charge in [0.2, 0.25) is 23.3 Å². The molecule has 0 N–H and O–H groups in total. The molecule has 0 amide bonds. The minimum atomic E-state index is -5.72. The largest absolute Gasteiger partial charge is 0.452 e. The van der Waals surface area contributed by atoms with Crippen LogP contribution in [0.25, 0.3) is 0 Å². The van der Waals surface area contributed by atoms with Crippen LogP contribution in [0.4, 0.5) is 52.7 Å². The second kappa shape index (κ2) is 7.50. The minimum absolute atomic E-state index is 0.479. The Kier molecular flexibility index (Phi) is 6.93. The quantitative estimate of drug-likeness (QED) is 0.235. The monoisotopic (exact) mass is 422 g/mol. The Morgan fingerprint density at radius 2 is 0.815 bits per heavy atom. The lowest BCUT2D eigenvalue weighted by molar-refractivity contribution is -0.184. The number of rotatable bonds is 8. The third kappa shape index (κ3) is 5.01. The molecule has 13 heteroatoms. The molecule has 0 unspecified atom stereocenters. The van der Waals surface area contributed by atoms with Gasteiger partial charge in [0.05, 0.1) is 0 Å². The molecule has 1 nitrogen and oxygen atoms in total. The summed E-state index contributed by atoms with van der Waals surface area (Å²) >= 11 is 0. The fraction of sp³-hybridized carbons (Fsp3) is 0.429. The topological polar surface area (TPSA) is 9.23 Å². The van der Waals surface area contributed by atoms with Gasteiger partial charge in [0.25, 0.3) is 0 Å². The molecule has 0 fully saturated rings. The molecule has 27 heavy (non-hydrogen) atoms. The first kappa shape index (κ1) is 24.9. The van der Waals surface area contributed by atoms with Crippen LogP contribution < -0.4 is 0 Å². The molecule has 0 radical (unpaired) electrons. The van der Waals surface area contributed by atoms with Crippen molar-refractivity contribution in [2.75, 3.05) is 0 Å². The molecule has 0 aromatic carbocycles. The zero-order chi connectivity index (χ0) is 22.2. The van der Waals surface area contributed by atoms with E-state index in [1.165, 1.54) is 0 Å². The van der Waals surface area contributed by atoms with Crippen LogP contribution >= 0.6 is 0 Å². The molecule has 0 spiro atoms. The first-order chi connectivity index (χ1) is 11.7. The zero-order valence-corrected chi connectivity index (χ0v) is 13.4.